The molecule has 0 saturated heterocycles. The lowest BCUT2D eigenvalue weighted by atomic mass is 9.83. The second kappa shape index (κ2) is 4.39. The largest absolute Gasteiger partial charge is 0.294 e. The highest BCUT2D eigenvalue weighted by Gasteiger charge is 2.32. The molecule has 2 aromatic carbocycles. The van der Waals surface area contributed by atoms with Crippen LogP contribution in [0.25, 0.3) is 0 Å². The second-order valence-electron chi connectivity index (χ2n) is 4.61. The van der Waals surface area contributed by atoms with Crippen molar-refractivity contribution in [1.82, 2.24) is 0 Å². The zero-order valence-corrected chi connectivity index (χ0v) is 11.3. The summed E-state index contributed by atoms with van der Waals surface area (Å²) in [5, 5.41) is 0.0582. The Morgan fingerprint density at radius 1 is 0.900 bits per heavy atom. The lowest BCUT2D eigenvalue weighted by molar-refractivity contribution is 0.0977. The molecule has 3 nitrogen and oxygen atoms in total. The molecule has 3 rings (SSSR count). The van der Waals surface area contributed by atoms with Crippen LogP contribution >= 0.6 is 11.6 Å². The molecule has 2 aromatic rings. The third-order valence-electron chi connectivity index (χ3n) is 3.41. The molecule has 0 heterocycles. The number of Topliss-reactive ketones (excluding diaryl/α,β-unsaturated/α-hetero) is 1. The first-order valence-electron chi connectivity index (χ1n) is 6.04. The summed E-state index contributed by atoms with van der Waals surface area (Å²) in [6.45, 7) is 1.37. The Morgan fingerprint density at radius 3 is 2.10 bits per heavy atom. The van der Waals surface area contributed by atoms with Crippen LogP contribution in [0.15, 0.2) is 36.4 Å². The summed E-state index contributed by atoms with van der Waals surface area (Å²) in [5.41, 5.74) is 1.34. The predicted octanol–water partition coefficient (Wildman–Crippen LogP) is 3.32. The van der Waals surface area contributed by atoms with E-state index in [2.05, 4.69) is 0 Å². The highest BCUT2D eigenvalue weighted by atomic mass is 35.5. The van der Waals surface area contributed by atoms with Gasteiger partial charge < -0.3 is 0 Å². The van der Waals surface area contributed by atoms with E-state index in [0.717, 1.165) is 0 Å². The molecule has 1 aliphatic carbocycles. The van der Waals surface area contributed by atoms with Crippen LogP contribution < -0.4 is 0 Å². The van der Waals surface area contributed by atoms with E-state index < -0.39 is 0 Å². The Kier molecular flexibility index (Phi) is 2.80. The Morgan fingerprint density at radius 2 is 1.50 bits per heavy atom. The molecule has 0 unspecified atom stereocenters. The number of hydrogen-bond acceptors (Lipinski definition) is 3. The van der Waals surface area contributed by atoms with E-state index >= 15 is 0 Å². The van der Waals surface area contributed by atoms with Gasteiger partial charge in [0.2, 0.25) is 0 Å². The second-order valence-corrected chi connectivity index (χ2v) is 4.99. The molecule has 0 fully saturated rings. The van der Waals surface area contributed by atoms with Crippen LogP contribution in [-0.4, -0.2) is 17.3 Å². The van der Waals surface area contributed by atoms with Crippen molar-refractivity contribution in [3.05, 3.63) is 69.2 Å². The van der Waals surface area contributed by atoms with Crippen LogP contribution in [0.5, 0.6) is 0 Å². The van der Waals surface area contributed by atoms with Gasteiger partial charge in [0.05, 0.1) is 10.6 Å². The normalized spacial score (nSPS) is 12.9. The zero-order valence-electron chi connectivity index (χ0n) is 10.6. The average molecular weight is 285 g/mol. The molecule has 0 radical (unpaired) electrons. The quantitative estimate of drug-likeness (QED) is 0.644. The summed E-state index contributed by atoms with van der Waals surface area (Å²) in [5.74, 6) is -0.799. The molecule has 0 saturated carbocycles. The smallest absolute Gasteiger partial charge is 0.196 e. The maximum Gasteiger partial charge on any atom is 0.196 e. The summed E-state index contributed by atoms with van der Waals surface area (Å²) in [7, 11) is 0. The van der Waals surface area contributed by atoms with Gasteiger partial charge in [0.15, 0.2) is 17.3 Å². The summed E-state index contributed by atoms with van der Waals surface area (Å²) >= 11 is 6.15. The number of rotatable bonds is 1. The van der Waals surface area contributed by atoms with Gasteiger partial charge >= 0.3 is 0 Å². The van der Waals surface area contributed by atoms with Crippen molar-refractivity contribution in [2.24, 2.45) is 0 Å². The SMILES string of the molecule is CC(=O)c1ccc2c(c1Cl)C(=O)c1ccccc1C2=O. The lowest BCUT2D eigenvalue weighted by Gasteiger charge is -2.19. The average Bonchev–Trinajstić information content (AvgIpc) is 2.44. The van der Waals surface area contributed by atoms with E-state index in [1.165, 1.54) is 19.1 Å². The number of halogens is 1. The van der Waals surface area contributed by atoms with E-state index in [1.54, 1.807) is 24.3 Å². The third kappa shape index (κ3) is 1.63. The Hall–Kier alpha value is -2.26. The van der Waals surface area contributed by atoms with Crippen molar-refractivity contribution in [2.75, 3.05) is 0 Å². The van der Waals surface area contributed by atoms with Gasteiger partial charge in [-0.15, -0.1) is 0 Å². The van der Waals surface area contributed by atoms with Crippen LogP contribution in [0.3, 0.4) is 0 Å². The molecule has 4 heteroatoms. The lowest BCUT2D eigenvalue weighted by Crippen LogP contribution is -2.22. The molecule has 1 aliphatic rings. The molecule has 0 bridgehead atoms. The first-order valence-corrected chi connectivity index (χ1v) is 6.42. The number of ketones is 3. The number of hydrogen-bond donors (Lipinski definition) is 0. The highest BCUT2D eigenvalue weighted by Crippen LogP contribution is 2.33. The van der Waals surface area contributed by atoms with Crippen LogP contribution in [0.1, 0.15) is 49.1 Å². The number of carbonyl (C=O) groups excluding carboxylic acids is 3. The fraction of sp³-hybridized carbons (Fsp3) is 0.0625. The first-order chi connectivity index (χ1) is 9.52. The number of carbonyl (C=O) groups is 3. The fourth-order valence-corrected chi connectivity index (χ4v) is 2.80. The van der Waals surface area contributed by atoms with Crippen LogP contribution in [0.4, 0.5) is 0 Å². The van der Waals surface area contributed by atoms with Gasteiger partial charge in [-0.05, 0) is 19.1 Å². The van der Waals surface area contributed by atoms with Crippen molar-refractivity contribution in [3.63, 3.8) is 0 Å². The standard InChI is InChI=1S/C16H9ClO3/c1-8(18)9-6-7-12-13(14(9)17)16(20)11-5-3-2-4-10(11)15(12)19/h2-7H,1H3. The minimum absolute atomic E-state index is 0.0582. The van der Waals surface area contributed by atoms with Crippen molar-refractivity contribution < 1.29 is 14.4 Å². The third-order valence-corrected chi connectivity index (χ3v) is 3.80. The highest BCUT2D eigenvalue weighted by molar-refractivity contribution is 6.41. The summed E-state index contributed by atoms with van der Waals surface area (Å²) in [6, 6.07) is 9.59. The molecule has 0 atom stereocenters. The summed E-state index contributed by atoms with van der Waals surface area (Å²) in [6.07, 6.45) is 0. The topological polar surface area (TPSA) is 51.2 Å². The van der Waals surface area contributed by atoms with E-state index in [-0.39, 0.29) is 39.1 Å². The van der Waals surface area contributed by atoms with Gasteiger partial charge in [-0.3, -0.25) is 14.4 Å². The molecular weight excluding hydrogens is 276 g/mol. The van der Waals surface area contributed by atoms with Crippen LogP contribution in [-0.2, 0) is 0 Å². The van der Waals surface area contributed by atoms with Gasteiger partial charge in [-0.2, -0.15) is 0 Å². The molecule has 20 heavy (non-hydrogen) atoms. The Labute approximate surface area is 120 Å². The molecule has 0 aromatic heterocycles. The van der Waals surface area contributed by atoms with Gasteiger partial charge in [-0.1, -0.05) is 35.9 Å². The van der Waals surface area contributed by atoms with Gasteiger partial charge in [0.1, 0.15) is 0 Å². The molecule has 0 amide bonds. The van der Waals surface area contributed by atoms with Gasteiger partial charge in [0.25, 0.3) is 0 Å². The summed E-state index contributed by atoms with van der Waals surface area (Å²) < 4.78 is 0. The van der Waals surface area contributed by atoms with Gasteiger partial charge in [-0.25, -0.2) is 0 Å². The number of benzene rings is 2. The molecule has 0 aliphatic heterocycles. The maximum absolute atomic E-state index is 12.5. The fourth-order valence-electron chi connectivity index (χ4n) is 2.42. The predicted molar refractivity (Wildman–Crippen MR) is 74.8 cm³/mol. The molecule has 0 spiro atoms. The maximum atomic E-state index is 12.5. The Balaban J connectivity index is 2.34. The molecule has 98 valence electrons. The van der Waals surface area contributed by atoms with Crippen molar-refractivity contribution in [2.45, 2.75) is 6.92 Å². The van der Waals surface area contributed by atoms with E-state index in [9.17, 15) is 14.4 Å². The van der Waals surface area contributed by atoms with Crippen molar-refractivity contribution >= 4 is 29.0 Å². The first kappa shape index (κ1) is 12.8. The van der Waals surface area contributed by atoms with E-state index in [1.807, 2.05) is 0 Å². The Bertz CT molecular complexity index is 790. The van der Waals surface area contributed by atoms with Crippen molar-refractivity contribution in [3.8, 4) is 0 Å². The van der Waals surface area contributed by atoms with E-state index in [0.29, 0.717) is 11.1 Å². The molecular formula is C16H9ClO3. The molecule has 0 N–H and O–H groups in total. The monoisotopic (exact) mass is 284 g/mol. The summed E-state index contributed by atoms with van der Waals surface area (Å²) in [4.78, 5) is 36.4. The van der Waals surface area contributed by atoms with Crippen LogP contribution in [0, 0.1) is 0 Å². The van der Waals surface area contributed by atoms with Gasteiger partial charge in [0, 0.05) is 22.3 Å². The number of fused-ring (bicyclic) bond motifs is 2. The van der Waals surface area contributed by atoms with Crippen LogP contribution in [0.2, 0.25) is 5.02 Å². The minimum Gasteiger partial charge on any atom is -0.294 e. The zero-order chi connectivity index (χ0) is 14.4. The minimum atomic E-state index is -0.316. The van der Waals surface area contributed by atoms with Crippen molar-refractivity contribution in [1.29, 1.82) is 0 Å². The van der Waals surface area contributed by atoms with E-state index in [4.69, 9.17) is 11.6 Å².